The maximum absolute atomic E-state index is 12.5. The summed E-state index contributed by atoms with van der Waals surface area (Å²) < 4.78 is 34.5. The molecule has 2 aromatic carbocycles. The third-order valence-electron chi connectivity index (χ3n) is 4.47. The number of carbonyl (C=O) groups excluding carboxylic acids is 1. The molecule has 0 spiro atoms. The van der Waals surface area contributed by atoms with Gasteiger partial charge in [-0.3, -0.25) is 4.79 Å². The van der Waals surface area contributed by atoms with Crippen LogP contribution in [0, 0.1) is 13.8 Å². The van der Waals surface area contributed by atoms with Crippen molar-refractivity contribution < 1.29 is 22.7 Å². The Kier molecular flexibility index (Phi) is 5.83. The van der Waals surface area contributed by atoms with Crippen LogP contribution >= 0.6 is 11.6 Å². The Labute approximate surface area is 168 Å². The summed E-state index contributed by atoms with van der Waals surface area (Å²) in [4.78, 5) is 12.5. The first-order valence-electron chi connectivity index (χ1n) is 8.67. The Morgan fingerprint density at radius 1 is 1.18 bits per heavy atom. The maximum atomic E-state index is 12.5. The van der Waals surface area contributed by atoms with Gasteiger partial charge in [0.1, 0.15) is 0 Å². The van der Waals surface area contributed by atoms with Gasteiger partial charge in [0.2, 0.25) is 15.9 Å². The fourth-order valence-corrected chi connectivity index (χ4v) is 3.80. The van der Waals surface area contributed by atoms with Crippen LogP contribution in [0.1, 0.15) is 23.1 Å². The van der Waals surface area contributed by atoms with Crippen molar-refractivity contribution in [2.45, 2.75) is 31.6 Å². The fraction of sp³-hybridized carbons (Fsp3) is 0.316. The van der Waals surface area contributed by atoms with E-state index in [1.54, 1.807) is 26.0 Å². The van der Waals surface area contributed by atoms with E-state index in [4.69, 9.17) is 26.2 Å². The number of anilines is 1. The van der Waals surface area contributed by atoms with Gasteiger partial charge in [0.15, 0.2) is 11.5 Å². The SMILES string of the molecule is Cc1cc(S(N)(=O)=O)cc(NC(=O)Cc2cc(Cl)c3c(c2)OCCCO3)c1C. The standard InChI is InChI=1S/C19H21ClN2O5S/c1-11-6-14(28(21,24)25)10-16(12(11)2)22-18(23)9-13-7-15(20)19-17(8-13)26-4-3-5-27-19/h6-8,10H,3-5,9H2,1-2H3,(H,22,23)(H2,21,24,25). The van der Waals surface area contributed by atoms with E-state index in [1.165, 1.54) is 12.1 Å². The molecule has 1 aliphatic heterocycles. The average Bonchev–Trinajstić information content (AvgIpc) is 2.83. The topological polar surface area (TPSA) is 108 Å². The summed E-state index contributed by atoms with van der Waals surface area (Å²) in [5.74, 6) is 0.673. The van der Waals surface area contributed by atoms with Crippen molar-refractivity contribution in [3.63, 3.8) is 0 Å². The molecular weight excluding hydrogens is 404 g/mol. The first-order valence-corrected chi connectivity index (χ1v) is 10.6. The highest BCUT2D eigenvalue weighted by atomic mass is 35.5. The minimum Gasteiger partial charge on any atom is -0.489 e. The lowest BCUT2D eigenvalue weighted by Gasteiger charge is -2.14. The molecule has 0 atom stereocenters. The van der Waals surface area contributed by atoms with Crippen LogP contribution in [0.4, 0.5) is 5.69 Å². The molecule has 3 rings (SSSR count). The number of halogens is 1. The molecule has 0 bridgehead atoms. The number of sulfonamides is 1. The van der Waals surface area contributed by atoms with Crippen LogP contribution in [0.5, 0.6) is 11.5 Å². The number of rotatable bonds is 4. The lowest BCUT2D eigenvalue weighted by molar-refractivity contribution is -0.115. The molecular formula is C19H21ClN2O5S. The first kappa shape index (κ1) is 20.4. The molecule has 7 nitrogen and oxygen atoms in total. The van der Waals surface area contributed by atoms with Gasteiger partial charge in [-0.2, -0.15) is 0 Å². The monoisotopic (exact) mass is 424 g/mol. The van der Waals surface area contributed by atoms with Crippen LogP contribution in [0.25, 0.3) is 0 Å². The molecule has 0 aromatic heterocycles. The summed E-state index contributed by atoms with van der Waals surface area (Å²) in [6.45, 7) is 4.58. The molecule has 0 radical (unpaired) electrons. The van der Waals surface area contributed by atoms with E-state index in [0.717, 1.165) is 12.0 Å². The molecule has 0 unspecified atom stereocenters. The van der Waals surface area contributed by atoms with Gasteiger partial charge in [0.05, 0.1) is 29.6 Å². The highest BCUT2D eigenvalue weighted by molar-refractivity contribution is 7.89. The number of nitrogens with one attached hydrogen (secondary N) is 1. The van der Waals surface area contributed by atoms with Crippen LogP contribution in [0.15, 0.2) is 29.2 Å². The van der Waals surface area contributed by atoms with Crippen LogP contribution < -0.4 is 19.9 Å². The second kappa shape index (κ2) is 7.98. The van der Waals surface area contributed by atoms with E-state index in [0.29, 0.717) is 46.5 Å². The predicted octanol–water partition coefficient (Wildman–Crippen LogP) is 2.95. The van der Waals surface area contributed by atoms with Crippen molar-refractivity contribution in [1.82, 2.24) is 0 Å². The molecule has 150 valence electrons. The zero-order valence-electron chi connectivity index (χ0n) is 15.5. The molecule has 28 heavy (non-hydrogen) atoms. The summed E-state index contributed by atoms with van der Waals surface area (Å²) in [6, 6.07) is 6.22. The van der Waals surface area contributed by atoms with Crippen molar-refractivity contribution >= 4 is 33.2 Å². The summed E-state index contributed by atoms with van der Waals surface area (Å²) in [6.07, 6.45) is 0.786. The zero-order chi connectivity index (χ0) is 20.5. The molecule has 1 amide bonds. The highest BCUT2D eigenvalue weighted by Crippen LogP contribution is 2.38. The second-order valence-electron chi connectivity index (χ2n) is 6.64. The van der Waals surface area contributed by atoms with Crippen molar-refractivity contribution in [3.05, 3.63) is 46.0 Å². The molecule has 9 heteroatoms. The van der Waals surface area contributed by atoms with Crippen molar-refractivity contribution in [1.29, 1.82) is 0 Å². The average molecular weight is 425 g/mol. The number of nitrogens with two attached hydrogens (primary N) is 1. The van der Waals surface area contributed by atoms with E-state index < -0.39 is 10.0 Å². The number of carbonyl (C=O) groups is 1. The molecule has 0 saturated carbocycles. The van der Waals surface area contributed by atoms with Gasteiger partial charge in [0.25, 0.3) is 0 Å². The summed E-state index contributed by atoms with van der Waals surface area (Å²) in [7, 11) is -3.88. The number of primary sulfonamides is 1. The minimum absolute atomic E-state index is 0.0362. The molecule has 0 fully saturated rings. The van der Waals surface area contributed by atoms with Gasteiger partial charge < -0.3 is 14.8 Å². The van der Waals surface area contributed by atoms with Gasteiger partial charge in [-0.15, -0.1) is 0 Å². The minimum atomic E-state index is -3.88. The fourth-order valence-electron chi connectivity index (χ4n) is 2.89. The molecule has 3 N–H and O–H groups in total. The Hall–Kier alpha value is -2.29. The first-order chi connectivity index (χ1) is 13.1. The number of benzene rings is 2. The Bertz CT molecular complexity index is 1040. The summed E-state index contributed by atoms with van der Waals surface area (Å²) in [5, 5.41) is 8.34. The highest BCUT2D eigenvalue weighted by Gasteiger charge is 2.18. The lowest BCUT2D eigenvalue weighted by Crippen LogP contribution is -2.17. The van der Waals surface area contributed by atoms with Gasteiger partial charge in [-0.1, -0.05) is 11.6 Å². The normalized spacial score (nSPS) is 13.7. The van der Waals surface area contributed by atoms with Crippen LogP contribution in [-0.2, 0) is 21.2 Å². The molecule has 2 aromatic rings. The zero-order valence-corrected chi connectivity index (χ0v) is 17.1. The number of hydrogen-bond acceptors (Lipinski definition) is 5. The lowest BCUT2D eigenvalue weighted by atomic mass is 10.1. The largest absolute Gasteiger partial charge is 0.489 e. The smallest absolute Gasteiger partial charge is 0.238 e. The number of aryl methyl sites for hydroxylation is 1. The molecule has 1 aliphatic rings. The number of hydrogen-bond donors (Lipinski definition) is 2. The third kappa shape index (κ3) is 4.57. The second-order valence-corrected chi connectivity index (χ2v) is 8.61. The number of ether oxygens (including phenoxy) is 2. The molecule has 0 aliphatic carbocycles. The van der Waals surface area contributed by atoms with Crippen LogP contribution in [0.3, 0.4) is 0 Å². The maximum Gasteiger partial charge on any atom is 0.238 e. The summed E-state index contributed by atoms with van der Waals surface area (Å²) >= 11 is 6.26. The molecule has 0 saturated heterocycles. The Morgan fingerprint density at radius 2 is 1.89 bits per heavy atom. The van der Waals surface area contributed by atoms with E-state index in [2.05, 4.69) is 5.32 Å². The van der Waals surface area contributed by atoms with E-state index >= 15 is 0 Å². The van der Waals surface area contributed by atoms with Gasteiger partial charge in [0, 0.05) is 12.1 Å². The van der Waals surface area contributed by atoms with Crippen molar-refractivity contribution in [3.8, 4) is 11.5 Å². The predicted molar refractivity (Wildman–Crippen MR) is 107 cm³/mol. The Balaban J connectivity index is 1.83. The Morgan fingerprint density at radius 3 is 2.61 bits per heavy atom. The van der Waals surface area contributed by atoms with E-state index in [1.807, 2.05) is 0 Å². The number of fused-ring (bicyclic) bond motifs is 1. The van der Waals surface area contributed by atoms with Crippen LogP contribution in [-0.4, -0.2) is 27.5 Å². The molecule has 1 heterocycles. The summed E-state index contributed by atoms with van der Waals surface area (Å²) in [5.41, 5.74) is 2.52. The van der Waals surface area contributed by atoms with E-state index in [-0.39, 0.29) is 17.2 Å². The van der Waals surface area contributed by atoms with Gasteiger partial charge >= 0.3 is 0 Å². The third-order valence-corrected chi connectivity index (χ3v) is 5.64. The van der Waals surface area contributed by atoms with Crippen molar-refractivity contribution in [2.24, 2.45) is 5.14 Å². The van der Waals surface area contributed by atoms with E-state index in [9.17, 15) is 13.2 Å². The van der Waals surface area contributed by atoms with Gasteiger partial charge in [-0.05, 0) is 54.8 Å². The quantitative estimate of drug-likeness (QED) is 0.784. The van der Waals surface area contributed by atoms with Crippen LogP contribution in [0.2, 0.25) is 5.02 Å². The van der Waals surface area contributed by atoms with Crippen molar-refractivity contribution in [2.75, 3.05) is 18.5 Å². The van der Waals surface area contributed by atoms with Gasteiger partial charge in [-0.25, -0.2) is 13.6 Å². The number of amides is 1.